The highest BCUT2D eigenvalue weighted by molar-refractivity contribution is 7.08. The van der Waals surface area contributed by atoms with Crippen LogP contribution in [0.3, 0.4) is 0 Å². The number of ketones is 1. The maximum atomic E-state index is 12.7. The SMILES string of the molecule is COc1ccc(C(=O)CC(Nc2ccc([N+](=O)[O-])cc2)c2ccsc2)cc1. The van der Waals surface area contributed by atoms with E-state index in [9.17, 15) is 14.9 Å². The van der Waals surface area contributed by atoms with Crippen LogP contribution in [0.25, 0.3) is 0 Å². The number of benzene rings is 2. The number of anilines is 1. The highest BCUT2D eigenvalue weighted by Crippen LogP contribution is 2.27. The van der Waals surface area contributed by atoms with Crippen molar-refractivity contribution in [3.63, 3.8) is 0 Å². The van der Waals surface area contributed by atoms with E-state index in [0.29, 0.717) is 11.3 Å². The molecule has 0 saturated heterocycles. The molecule has 1 aromatic heterocycles. The zero-order chi connectivity index (χ0) is 19.2. The highest BCUT2D eigenvalue weighted by atomic mass is 32.1. The maximum absolute atomic E-state index is 12.7. The second-order valence-electron chi connectivity index (χ2n) is 5.91. The summed E-state index contributed by atoms with van der Waals surface area (Å²) in [4.78, 5) is 23.1. The number of nitro groups is 1. The molecule has 0 aliphatic rings. The Balaban J connectivity index is 1.77. The third-order valence-electron chi connectivity index (χ3n) is 4.17. The van der Waals surface area contributed by atoms with E-state index in [0.717, 1.165) is 11.3 Å². The molecule has 0 aliphatic heterocycles. The van der Waals surface area contributed by atoms with Gasteiger partial charge in [0.2, 0.25) is 0 Å². The van der Waals surface area contributed by atoms with Crippen LogP contribution >= 0.6 is 11.3 Å². The summed E-state index contributed by atoms with van der Waals surface area (Å²) < 4.78 is 5.12. The van der Waals surface area contributed by atoms with Gasteiger partial charge in [0.1, 0.15) is 5.75 Å². The van der Waals surface area contributed by atoms with Crippen molar-refractivity contribution in [1.29, 1.82) is 0 Å². The number of rotatable bonds is 8. The first kappa shape index (κ1) is 18.6. The number of Topliss-reactive ketones (excluding diaryl/α,β-unsaturated/α-hetero) is 1. The van der Waals surface area contributed by atoms with Crippen LogP contribution in [0.1, 0.15) is 28.4 Å². The fourth-order valence-corrected chi connectivity index (χ4v) is 3.40. The molecule has 27 heavy (non-hydrogen) atoms. The summed E-state index contributed by atoms with van der Waals surface area (Å²) in [7, 11) is 1.58. The molecule has 7 heteroatoms. The van der Waals surface area contributed by atoms with Gasteiger partial charge in [-0.15, -0.1) is 0 Å². The van der Waals surface area contributed by atoms with Gasteiger partial charge >= 0.3 is 0 Å². The molecule has 3 aromatic rings. The molecular formula is C20H18N2O4S. The monoisotopic (exact) mass is 382 g/mol. The van der Waals surface area contributed by atoms with E-state index in [1.54, 1.807) is 54.8 Å². The number of non-ortho nitro benzene ring substituents is 1. The van der Waals surface area contributed by atoms with Crippen LogP contribution in [-0.2, 0) is 0 Å². The van der Waals surface area contributed by atoms with Gasteiger partial charge in [0.25, 0.3) is 5.69 Å². The van der Waals surface area contributed by atoms with Gasteiger partial charge in [-0.25, -0.2) is 0 Å². The standard InChI is InChI=1S/C20H18N2O4S/c1-26-18-8-2-14(3-9-18)20(23)12-19(15-10-11-27-13-15)21-16-4-6-17(7-5-16)22(24)25/h2-11,13,19,21H,12H2,1H3. The summed E-state index contributed by atoms with van der Waals surface area (Å²) in [6.45, 7) is 0. The second-order valence-corrected chi connectivity index (χ2v) is 6.69. The summed E-state index contributed by atoms with van der Waals surface area (Å²) in [5.74, 6) is 0.702. The molecule has 0 radical (unpaired) electrons. The molecule has 3 rings (SSSR count). The van der Waals surface area contributed by atoms with Gasteiger partial charge < -0.3 is 10.1 Å². The van der Waals surface area contributed by atoms with Crippen LogP contribution in [0.15, 0.2) is 65.4 Å². The van der Waals surface area contributed by atoms with Gasteiger partial charge in [-0.05, 0) is 58.8 Å². The predicted molar refractivity (Wildman–Crippen MR) is 106 cm³/mol. The molecule has 1 unspecified atom stereocenters. The molecule has 138 valence electrons. The van der Waals surface area contributed by atoms with Crippen LogP contribution in [-0.4, -0.2) is 17.8 Å². The van der Waals surface area contributed by atoms with Crippen LogP contribution in [0.4, 0.5) is 11.4 Å². The first-order valence-electron chi connectivity index (χ1n) is 8.27. The van der Waals surface area contributed by atoms with E-state index in [4.69, 9.17) is 4.74 Å². The number of carbonyl (C=O) groups excluding carboxylic acids is 1. The quantitative estimate of drug-likeness (QED) is 0.333. The molecule has 1 N–H and O–H groups in total. The van der Waals surface area contributed by atoms with Gasteiger partial charge in [-0.3, -0.25) is 14.9 Å². The van der Waals surface area contributed by atoms with Crippen molar-refractivity contribution in [2.24, 2.45) is 0 Å². The zero-order valence-corrected chi connectivity index (χ0v) is 15.4. The van der Waals surface area contributed by atoms with E-state index >= 15 is 0 Å². The molecule has 2 aromatic carbocycles. The Kier molecular flexibility index (Phi) is 5.83. The normalized spacial score (nSPS) is 11.6. The number of hydrogen-bond acceptors (Lipinski definition) is 6. The number of nitro benzene ring substituents is 1. The minimum atomic E-state index is -0.437. The molecule has 0 saturated carbocycles. The molecule has 1 heterocycles. The van der Waals surface area contributed by atoms with Gasteiger partial charge in [-0.2, -0.15) is 11.3 Å². The lowest BCUT2D eigenvalue weighted by Crippen LogP contribution is -2.15. The van der Waals surface area contributed by atoms with Crippen LogP contribution in [0, 0.1) is 10.1 Å². The average Bonchev–Trinajstić information content (AvgIpc) is 3.22. The third kappa shape index (κ3) is 4.71. The summed E-state index contributed by atoms with van der Waals surface area (Å²) in [5, 5.41) is 18.1. The molecule has 1 atom stereocenters. The lowest BCUT2D eigenvalue weighted by molar-refractivity contribution is -0.384. The van der Waals surface area contributed by atoms with E-state index in [1.165, 1.54) is 12.1 Å². The Bertz CT molecular complexity index is 906. The highest BCUT2D eigenvalue weighted by Gasteiger charge is 2.18. The first-order chi connectivity index (χ1) is 13.1. The fourth-order valence-electron chi connectivity index (χ4n) is 2.69. The van der Waals surface area contributed by atoms with Crippen LogP contribution in [0.2, 0.25) is 0 Å². The average molecular weight is 382 g/mol. The molecule has 0 fully saturated rings. The smallest absolute Gasteiger partial charge is 0.269 e. The number of carbonyl (C=O) groups is 1. The molecule has 0 spiro atoms. The first-order valence-corrected chi connectivity index (χ1v) is 9.21. The van der Waals surface area contributed by atoms with Crippen LogP contribution in [0.5, 0.6) is 5.75 Å². The minimum absolute atomic E-state index is 0.00302. The second kappa shape index (κ2) is 8.46. The van der Waals surface area contributed by atoms with Gasteiger partial charge in [-0.1, -0.05) is 0 Å². The van der Waals surface area contributed by atoms with Crippen molar-refractivity contribution in [1.82, 2.24) is 0 Å². The molecule has 0 bridgehead atoms. The van der Waals surface area contributed by atoms with Crippen molar-refractivity contribution in [3.8, 4) is 5.75 Å². The Hall–Kier alpha value is -3.19. The zero-order valence-electron chi connectivity index (χ0n) is 14.6. The summed E-state index contributed by atoms with van der Waals surface area (Å²) >= 11 is 1.56. The van der Waals surface area contributed by atoms with Crippen molar-refractivity contribution in [2.75, 3.05) is 12.4 Å². The van der Waals surface area contributed by atoms with E-state index < -0.39 is 4.92 Å². The van der Waals surface area contributed by atoms with Crippen molar-refractivity contribution in [2.45, 2.75) is 12.5 Å². The Morgan fingerprint density at radius 3 is 2.41 bits per heavy atom. The number of hydrogen-bond donors (Lipinski definition) is 1. The Labute approximate surface area is 160 Å². The number of ether oxygens (including phenoxy) is 1. The summed E-state index contributed by atoms with van der Waals surface area (Å²) in [5.41, 5.74) is 2.36. The van der Waals surface area contributed by atoms with Gasteiger partial charge in [0.15, 0.2) is 5.78 Å². The Morgan fingerprint density at radius 1 is 1.15 bits per heavy atom. The van der Waals surface area contributed by atoms with E-state index in [-0.39, 0.29) is 23.9 Å². The van der Waals surface area contributed by atoms with Crippen molar-refractivity contribution >= 4 is 28.5 Å². The lowest BCUT2D eigenvalue weighted by atomic mass is 9.99. The topological polar surface area (TPSA) is 81.5 Å². The molecule has 6 nitrogen and oxygen atoms in total. The molecule has 0 aliphatic carbocycles. The molecular weight excluding hydrogens is 364 g/mol. The van der Waals surface area contributed by atoms with Gasteiger partial charge in [0.05, 0.1) is 18.1 Å². The van der Waals surface area contributed by atoms with E-state index in [1.807, 2.05) is 16.8 Å². The number of methoxy groups -OCH3 is 1. The maximum Gasteiger partial charge on any atom is 0.269 e. The number of thiophene rings is 1. The number of nitrogens with one attached hydrogen (secondary N) is 1. The Morgan fingerprint density at radius 2 is 1.85 bits per heavy atom. The summed E-state index contributed by atoms with van der Waals surface area (Å²) in [6, 6.07) is 14.9. The minimum Gasteiger partial charge on any atom is -0.497 e. The van der Waals surface area contributed by atoms with Crippen LogP contribution < -0.4 is 10.1 Å². The summed E-state index contributed by atoms with van der Waals surface area (Å²) in [6.07, 6.45) is 0.264. The lowest BCUT2D eigenvalue weighted by Gasteiger charge is -2.19. The fraction of sp³-hybridized carbons (Fsp3) is 0.150. The van der Waals surface area contributed by atoms with E-state index in [2.05, 4.69) is 5.32 Å². The van der Waals surface area contributed by atoms with Crippen molar-refractivity contribution < 1.29 is 14.5 Å². The van der Waals surface area contributed by atoms with Crippen molar-refractivity contribution in [3.05, 3.63) is 86.6 Å². The van der Waals surface area contributed by atoms with Gasteiger partial charge in [0, 0.05) is 29.8 Å². The predicted octanol–water partition coefficient (Wildman–Crippen LogP) is 5.09. The third-order valence-corrected chi connectivity index (χ3v) is 4.87. The molecule has 0 amide bonds. The largest absolute Gasteiger partial charge is 0.497 e. The number of nitrogens with zero attached hydrogens (tertiary/aromatic N) is 1.